The Hall–Kier alpha value is -4.23. The van der Waals surface area contributed by atoms with Crippen LogP contribution >= 0.6 is 0 Å². The molecule has 4 heterocycles. The fourth-order valence-corrected chi connectivity index (χ4v) is 5.85. The number of aromatic amines is 1. The van der Waals surface area contributed by atoms with Gasteiger partial charge in [0.25, 0.3) is 0 Å². The van der Waals surface area contributed by atoms with Gasteiger partial charge in [-0.1, -0.05) is 37.1 Å². The highest BCUT2D eigenvalue weighted by Crippen LogP contribution is 2.42. The summed E-state index contributed by atoms with van der Waals surface area (Å²) in [5.74, 6) is 0.831. The second kappa shape index (κ2) is 9.91. The van der Waals surface area contributed by atoms with Gasteiger partial charge in [0.05, 0.1) is 28.3 Å². The molecule has 1 saturated carbocycles. The van der Waals surface area contributed by atoms with Crippen LogP contribution in [0.3, 0.4) is 0 Å². The largest absolute Gasteiger partial charge is 0.359 e. The number of hydrogen-bond acceptors (Lipinski definition) is 6. The van der Waals surface area contributed by atoms with E-state index in [1.165, 1.54) is 31.2 Å². The van der Waals surface area contributed by atoms with E-state index in [1.54, 1.807) is 0 Å². The van der Waals surface area contributed by atoms with Crippen LogP contribution in [0.2, 0.25) is 0 Å². The molecule has 4 N–H and O–H groups in total. The summed E-state index contributed by atoms with van der Waals surface area (Å²) < 4.78 is 0. The van der Waals surface area contributed by atoms with Crippen molar-refractivity contribution in [2.75, 3.05) is 17.2 Å². The van der Waals surface area contributed by atoms with Crippen molar-refractivity contribution in [3.05, 3.63) is 90.5 Å². The molecule has 1 fully saturated rings. The van der Waals surface area contributed by atoms with Gasteiger partial charge in [0, 0.05) is 41.6 Å². The van der Waals surface area contributed by atoms with E-state index in [0.717, 1.165) is 69.4 Å². The topological polar surface area (TPSA) is 90.5 Å². The highest BCUT2D eigenvalue weighted by Gasteiger charge is 2.27. The molecule has 0 amide bonds. The Bertz CT molecular complexity index is 1570. The van der Waals surface area contributed by atoms with E-state index in [9.17, 15) is 0 Å². The van der Waals surface area contributed by atoms with Crippen LogP contribution in [0, 0.1) is 5.92 Å². The Kier molecular flexibility index (Phi) is 5.98. The molecule has 0 bridgehead atoms. The molecule has 7 heteroatoms. The molecule has 1 aliphatic carbocycles. The van der Waals surface area contributed by atoms with E-state index in [1.807, 2.05) is 36.8 Å². The molecule has 3 aromatic heterocycles. The van der Waals surface area contributed by atoms with Crippen molar-refractivity contribution >= 4 is 22.3 Å². The second-order valence-corrected chi connectivity index (χ2v) is 10.4. The molecule has 7 rings (SSSR count). The summed E-state index contributed by atoms with van der Waals surface area (Å²) in [7, 11) is 0. The number of pyridine rings is 2. The third kappa shape index (κ3) is 4.39. The molecule has 0 spiro atoms. The molecule has 1 aliphatic heterocycles. The van der Waals surface area contributed by atoms with Crippen LogP contribution in [0.1, 0.15) is 43.1 Å². The molecule has 1 atom stereocenters. The molecule has 1 unspecified atom stereocenters. The summed E-state index contributed by atoms with van der Waals surface area (Å²) in [6.07, 6.45) is 11.1. The molecule has 7 nitrogen and oxygen atoms in total. The van der Waals surface area contributed by atoms with E-state index in [2.05, 4.69) is 78.6 Å². The average Bonchev–Trinajstić information content (AvgIpc) is 3.73. The fraction of sp³-hybridized carbons (Fsp3) is 0.258. The van der Waals surface area contributed by atoms with E-state index < -0.39 is 0 Å². The van der Waals surface area contributed by atoms with Crippen molar-refractivity contribution in [3.8, 4) is 22.4 Å². The van der Waals surface area contributed by atoms with Crippen LogP contribution in [0.25, 0.3) is 33.3 Å². The Morgan fingerprint density at radius 1 is 0.895 bits per heavy atom. The minimum absolute atomic E-state index is 0.126. The summed E-state index contributed by atoms with van der Waals surface area (Å²) in [5.41, 5.74) is 9.54. The lowest BCUT2D eigenvalue weighted by Crippen LogP contribution is -2.20. The van der Waals surface area contributed by atoms with Crippen LogP contribution in [-0.2, 0) is 6.54 Å². The first-order chi connectivity index (χ1) is 18.8. The second-order valence-electron chi connectivity index (χ2n) is 10.4. The summed E-state index contributed by atoms with van der Waals surface area (Å²) in [6, 6.07) is 20.9. The Morgan fingerprint density at radius 2 is 1.84 bits per heavy atom. The van der Waals surface area contributed by atoms with Gasteiger partial charge in [0.2, 0.25) is 0 Å². The van der Waals surface area contributed by atoms with Crippen molar-refractivity contribution in [3.63, 3.8) is 0 Å². The van der Waals surface area contributed by atoms with Gasteiger partial charge >= 0.3 is 0 Å². The molecule has 190 valence electrons. The summed E-state index contributed by atoms with van der Waals surface area (Å²) >= 11 is 0. The third-order valence-electron chi connectivity index (χ3n) is 7.83. The van der Waals surface area contributed by atoms with Gasteiger partial charge in [-0.25, -0.2) is 0 Å². The zero-order chi connectivity index (χ0) is 25.3. The first-order valence-electron chi connectivity index (χ1n) is 13.5. The lowest BCUT2D eigenvalue weighted by molar-refractivity contribution is 0.489. The van der Waals surface area contributed by atoms with Crippen molar-refractivity contribution in [2.45, 2.75) is 38.4 Å². The molecular formula is C31H31N7. The molecule has 0 radical (unpaired) electrons. The van der Waals surface area contributed by atoms with Crippen molar-refractivity contribution < 1.29 is 0 Å². The normalized spacial score (nSPS) is 16.9. The Labute approximate surface area is 222 Å². The van der Waals surface area contributed by atoms with Crippen LogP contribution < -0.4 is 16.0 Å². The highest BCUT2D eigenvalue weighted by molar-refractivity contribution is 5.92. The quantitative estimate of drug-likeness (QED) is 0.203. The molecule has 2 aromatic carbocycles. The van der Waals surface area contributed by atoms with Crippen LogP contribution in [0.5, 0.6) is 0 Å². The van der Waals surface area contributed by atoms with E-state index in [4.69, 9.17) is 0 Å². The summed E-state index contributed by atoms with van der Waals surface area (Å²) in [4.78, 5) is 9.11. The summed E-state index contributed by atoms with van der Waals surface area (Å²) in [6.45, 7) is 1.95. The zero-order valence-corrected chi connectivity index (χ0v) is 21.2. The van der Waals surface area contributed by atoms with Gasteiger partial charge < -0.3 is 16.0 Å². The van der Waals surface area contributed by atoms with Gasteiger partial charge in [-0.05, 0) is 72.8 Å². The van der Waals surface area contributed by atoms with Gasteiger partial charge in [-0.2, -0.15) is 5.10 Å². The average molecular weight is 502 g/mol. The minimum atomic E-state index is -0.126. The third-order valence-corrected chi connectivity index (χ3v) is 7.83. The van der Waals surface area contributed by atoms with Crippen molar-refractivity contribution in [1.29, 1.82) is 0 Å². The number of fused-ring (bicyclic) bond motifs is 2. The summed E-state index contributed by atoms with van der Waals surface area (Å²) in [5, 5.41) is 19.9. The maximum absolute atomic E-state index is 4.59. The molecule has 38 heavy (non-hydrogen) atoms. The van der Waals surface area contributed by atoms with Gasteiger partial charge in [-0.15, -0.1) is 0 Å². The van der Waals surface area contributed by atoms with Crippen LogP contribution in [-0.4, -0.2) is 26.7 Å². The number of benzene rings is 2. The fourth-order valence-electron chi connectivity index (χ4n) is 5.85. The number of nitrogens with zero attached hydrogens (tertiary/aromatic N) is 3. The number of H-pyrrole nitrogens is 1. The highest BCUT2D eigenvalue weighted by atomic mass is 15.2. The molecule has 2 aliphatic rings. The predicted molar refractivity (Wildman–Crippen MR) is 153 cm³/mol. The number of aromatic nitrogens is 4. The SMILES string of the molecule is c1ccc(-c2cccc3c2NC(c2[nH]nc4ccc(-c5cncc(CNCC6CCCC6)c5)cc24)N3)nc1. The van der Waals surface area contributed by atoms with E-state index >= 15 is 0 Å². The standard InChI is InChI=1S/C31H31N7/c1-2-7-20(6-1)16-32-17-21-14-23(19-33-18-21)22-11-12-27-25(15-22)30(38-37-27)31-35-28-10-5-8-24(29(28)36-31)26-9-3-4-13-34-26/h3-5,8-15,18-20,31-32,35-36H,1-2,6-7,16-17H2,(H,37,38). The van der Waals surface area contributed by atoms with Crippen LogP contribution in [0.4, 0.5) is 11.4 Å². The molecule has 5 aromatic rings. The molecular weight excluding hydrogens is 470 g/mol. The number of rotatable bonds is 7. The minimum Gasteiger partial charge on any atom is -0.359 e. The van der Waals surface area contributed by atoms with Crippen LogP contribution in [0.15, 0.2) is 79.3 Å². The van der Waals surface area contributed by atoms with Crippen molar-refractivity contribution in [1.82, 2.24) is 25.5 Å². The van der Waals surface area contributed by atoms with Gasteiger partial charge in [0.1, 0.15) is 6.17 Å². The maximum Gasteiger partial charge on any atom is 0.141 e. The van der Waals surface area contributed by atoms with Gasteiger partial charge in [-0.3, -0.25) is 15.1 Å². The van der Waals surface area contributed by atoms with Crippen molar-refractivity contribution in [2.24, 2.45) is 5.92 Å². The Balaban J connectivity index is 1.14. The first kappa shape index (κ1) is 22.9. The smallest absolute Gasteiger partial charge is 0.141 e. The van der Waals surface area contributed by atoms with E-state index in [0.29, 0.717) is 0 Å². The number of hydrogen-bond donors (Lipinski definition) is 4. The number of nitrogens with one attached hydrogen (secondary N) is 4. The monoisotopic (exact) mass is 501 g/mol. The maximum atomic E-state index is 4.59. The lowest BCUT2D eigenvalue weighted by Gasteiger charge is -2.12. The first-order valence-corrected chi connectivity index (χ1v) is 13.5. The zero-order valence-electron chi connectivity index (χ0n) is 21.2. The lowest BCUT2D eigenvalue weighted by atomic mass is 10.0. The Morgan fingerprint density at radius 3 is 2.74 bits per heavy atom. The number of para-hydroxylation sites is 1. The number of anilines is 2. The predicted octanol–water partition coefficient (Wildman–Crippen LogP) is 6.50. The van der Waals surface area contributed by atoms with E-state index in [-0.39, 0.29) is 6.17 Å². The molecule has 0 saturated heterocycles. The van der Waals surface area contributed by atoms with Gasteiger partial charge in [0.15, 0.2) is 0 Å².